The number of benzene rings is 2. The molecule has 1 aromatic heterocycles. The third-order valence-electron chi connectivity index (χ3n) is 5.64. The second kappa shape index (κ2) is 6.83. The number of halogens is 1. The number of rotatable bonds is 4. The molecule has 0 aliphatic carbocycles. The second-order valence-electron chi connectivity index (χ2n) is 7.45. The Morgan fingerprint density at radius 1 is 1.25 bits per heavy atom. The fourth-order valence-corrected chi connectivity index (χ4v) is 5.10. The van der Waals surface area contributed by atoms with Crippen LogP contribution >= 0.6 is 11.3 Å². The minimum absolute atomic E-state index is 0.134. The number of thiazole rings is 1. The van der Waals surface area contributed by atoms with Gasteiger partial charge < -0.3 is 9.64 Å². The van der Waals surface area contributed by atoms with Crippen molar-refractivity contribution in [3.63, 3.8) is 0 Å². The molecule has 1 unspecified atom stereocenters. The van der Waals surface area contributed by atoms with Crippen molar-refractivity contribution in [2.24, 2.45) is 0 Å². The van der Waals surface area contributed by atoms with Crippen LogP contribution in [-0.4, -0.2) is 45.9 Å². The molecule has 2 aliphatic rings. The topological polar surface area (TPSA) is 45.7 Å². The smallest absolute Gasteiger partial charge is 0.279 e. The number of carbonyl (C=O) groups excluding carboxylic acids is 1. The van der Waals surface area contributed by atoms with Crippen molar-refractivity contribution >= 4 is 27.5 Å². The number of ether oxygens (including phenoxy) is 1. The van der Waals surface area contributed by atoms with E-state index in [9.17, 15) is 9.18 Å². The third-order valence-corrected chi connectivity index (χ3v) is 6.55. The molecule has 3 aromatic rings. The molecule has 0 N–H and O–H groups in total. The summed E-state index contributed by atoms with van der Waals surface area (Å²) >= 11 is 1.44. The van der Waals surface area contributed by atoms with Crippen LogP contribution < -0.4 is 4.74 Å². The van der Waals surface area contributed by atoms with Crippen molar-refractivity contribution in [1.82, 2.24) is 14.8 Å². The van der Waals surface area contributed by atoms with E-state index in [1.807, 2.05) is 29.2 Å². The molecule has 1 amide bonds. The summed E-state index contributed by atoms with van der Waals surface area (Å²) in [6.07, 6.45) is 0.986. The lowest BCUT2D eigenvalue weighted by atomic mass is 10.1. The van der Waals surface area contributed by atoms with E-state index >= 15 is 0 Å². The van der Waals surface area contributed by atoms with Crippen LogP contribution in [0.2, 0.25) is 0 Å². The number of aromatic nitrogens is 1. The molecule has 144 valence electrons. The van der Waals surface area contributed by atoms with Gasteiger partial charge in [0.05, 0.1) is 10.2 Å². The van der Waals surface area contributed by atoms with Crippen molar-refractivity contribution < 1.29 is 13.9 Å². The van der Waals surface area contributed by atoms with Crippen molar-refractivity contribution in [1.29, 1.82) is 0 Å². The number of amides is 1. The average Bonchev–Trinajstić information content (AvgIpc) is 3.36. The average molecular weight is 397 g/mol. The molecule has 2 fully saturated rings. The maximum atomic E-state index is 14.7. The summed E-state index contributed by atoms with van der Waals surface area (Å²) < 4.78 is 21.5. The molecule has 2 aromatic carbocycles. The molecule has 2 saturated heterocycles. The van der Waals surface area contributed by atoms with Crippen LogP contribution in [0.1, 0.15) is 18.9 Å². The van der Waals surface area contributed by atoms with E-state index in [1.165, 1.54) is 17.4 Å². The van der Waals surface area contributed by atoms with Crippen LogP contribution in [0.15, 0.2) is 42.5 Å². The van der Waals surface area contributed by atoms with Crippen LogP contribution in [0.5, 0.6) is 10.9 Å². The summed E-state index contributed by atoms with van der Waals surface area (Å²) in [5.74, 6) is 0.311. The molecule has 2 aliphatic heterocycles. The van der Waals surface area contributed by atoms with Gasteiger partial charge in [-0.2, -0.15) is 0 Å². The fraction of sp³-hybridized carbons (Fsp3) is 0.333. The summed E-state index contributed by atoms with van der Waals surface area (Å²) in [6, 6.07) is 13.4. The minimum Gasteiger partial charge on any atom is -0.431 e. The molecule has 2 atom stereocenters. The SMILES string of the molecule is CC(=O)N1CC2C[C@H]1CN2Cc1ccc(Oc2nc3ccccc3s2)cc1F. The highest BCUT2D eigenvalue weighted by molar-refractivity contribution is 7.20. The number of piperazine rings is 1. The summed E-state index contributed by atoms with van der Waals surface area (Å²) in [6.45, 7) is 3.74. The van der Waals surface area contributed by atoms with Crippen molar-refractivity contribution in [2.75, 3.05) is 13.1 Å². The van der Waals surface area contributed by atoms with Crippen LogP contribution in [0.3, 0.4) is 0 Å². The van der Waals surface area contributed by atoms with E-state index in [-0.39, 0.29) is 17.8 Å². The molecular weight excluding hydrogens is 377 g/mol. The van der Waals surface area contributed by atoms with E-state index in [0.717, 1.165) is 29.7 Å². The Morgan fingerprint density at radius 2 is 2.11 bits per heavy atom. The Morgan fingerprint density at radius 3 is 2.82 bits per heavy atom. The Hall–Kier alpha value is -2.51. The quantitative estimate of drug-likeness (QED) is 0.667. The summed E-state index contributed by atoms with van der Waals surface area (Å²) in [7, 11) is 0. The van der Waals surface area contributed by atoms with Gasteiger partial charge in [0.1, 0.15) is 11.6 Å². The van der Waals surface area contributed by atoms with Gasteiger partial charge in [-0.15, -0.1) is 0 Å². The number of hydrogen-bond acceptors (Lipinski definition) is 5. The van der Waals surface area contributed by atoms with Crippen LogP contribution in [0.4, 0.5) is 4.39 Å². The van der Waals surface area contributed by atoms with Gasteiger partial charge >= 0.3 is 0 Å². The Labute approximate surface area is 166 Å². The number of carbonyl (C=O) groups is 1. The normalized spacial score (nSPS) is 21.6. The summed E-state index contributed by atoms with van der Waals surface area (Å²) in [5.41, 5.74) is 1.53. The van der Waals surface area contributed by atoms with Crippen LogP contribution in [0, 0.1) is 5.82 Å². The molecule has 5 rings (SSSR count). The number of hydrogen-bond donors (Lipinski definition) is 0. The van der Waals surface area contributed by atoms with Gasteiger partial charge in [0.2, 0.25) is 5.91 Å². The first kappa shape index (κ1) is 17.6. The number of para-hydroxylation sites is 1. The maximum Gasteiger partial charge on any atom is 0.279 e. The summed E-state index contributed by atoms with van der Waals surface area (Å²) in [5, 5.41) is 0.509. The van der Waals surface area contributed by atoms with E-state index in [2.05, 4.69) is 9.88 Å². The lowest BCUT2D eigenvalue weighted by Crippen LogP contribution is -2.47. The first-order chi connectivity index (χ1) is 13.6. The van der Waals surface area contributed by atoms with Crippen molar-refractivity contribution in [3.8, 4) is 10.9 Å². The van der Waals surface area contributed by atoms with Crippen LogP contribution in [0.25, 0.3) is 10.2 Å². The van der Waals surface area contributed by atoms with Gasteiger partial charge in [0, 0.05) is 50.3 Å². The molecule has 28 heavy (non-hydrogen) atoms. The minimum atomic E-state index is -0.273. The Bertz CT molecular complexity index is 1020. The van der Waals surface area contributed by atoms with E-state index in [1.54, 1.807) is 19.1 Å². The molecule has 0 spiro atoms. The predicted octanol–water partition coefficient (Wildman–Crippen LogP) is 4.03. The predicted molar refractivity (Wildman–Crippen MR) is 106 cm³/mol. The molecule has 0 saturated carbocycles. The number of fused-ring (bicyclic) bond motifs is 3. The molecule has 5 nitrogen and oxygen atoms in total. The lowest BCUT2D eigenvalue weighted by Gasteiger charge is -2.33. The zero-order valence-electron chi connectivity index (χ0n) is 15.5. The zero-order valence-corrected chi connectivity index (χ0v) is 16.3. The fourth-order valence-electron chi connectivity index (χ4n) is 4.26. The first-order valence-electron chi connectivity index (χ1n) is 9.40. The van der Waals surface area contributed by atoms with E-state index in [4.69, 9.17) is 4.74 Å². The first-order valence-corrected chi connectivity index (χ1v) is 10.2. The van der Waals surface area contributed by atoms with Gasteiger partial charge in [-0.1, -0.05) is 29.5 Å². The zero-order chi connectivity index (χ0) is 19.3. The van der Waals surface area contributed by atoms with Crippen LogP contribution in [-0.2, 0) is 11.3 Å². The number of nitrogens with zero attached hydrogens (tertiary/aromatic N) is 3. The van der Waals surface area contributed by atoms with Crippen molar-refractivity contribution in [2.45, 2.75) is 32.0 Å². The monoisotopic (exact) mass is 397 g/mol. The van der Waals surface area contributed by atoms with Gasteiger partial charge in [-0.05, 0) is 24.6 Å². The van der Waals surface area contributed by atoms with Gasteiger partial charge in [-0.3, -0.25) is 9.69 Å². The lowest BCUT2D eigenvalue weighted by molar-refractivity contribution is -0.131. The van der Waals surface area contributed by atoms with E-state index in [0.29, 0.717) is 29.1 Å². The largest absolute Gasteiger partial charge is 0.431 e. The Kier molecular flexibility index (Phi) is 4.29. The maximum absolute atomic E-state index is 14.7. The van der Waals surface area contributed by atoms with Crippen molar-refractivity contribution in [3.05, 3.63) is 53.8 Å². The highest BCUT2D eigenvalue weighted by Gasteiger charge is 2.44. The molecule has 7 heteroatoms. The van der Waals surface area contributed by atoms with Gasteiger partial charge in [0.25, 0.3) is 5.19 Å². The van der Waals surface area contributed by atoms with E-state index < -0.39 is 0 Å². The van der Waals surface area contributed by atoms with Gasteiger partial charge in [-0.25, -0.2) is 9.37 Å². The summed E-state index contributed by atoms with van der Waals surface area (Å²) in [4.78, 5) is 20.3. The highest BCUT2D eigenvalue weighted by Crippen LogP contribution is 2.34. The Balaban J connectivity index is 1.27. The number of likely N-dealkylation sites (tertiary alicyclic amines) is 2. The third kappa shape index (κ3) is 3.14. The second-order valence-corrected chi connectivity index (χ2v) is 8.44. The molecule has 3 heterocycles. The molecule has 2 bridgehead atoms. The van der Waals surface area contributed by atoms with Gasteiger partial charge in [0.15, 0.2) is 0 Å². The standard InChI is InChI=1S/C21H20FN3O2S/c1-13(26)25-12-15-8-16(25)11-24(15)10-14-6-7-17(9-18(14)22)27-21-23-19-4-2-3-5-20(19)28-21/h2-7,9,15-16H,8,10-12H2,1H3/t15?,16-/m0/s1. The highest BCUT2D eigenvalue weighted by atomic mass is 32.1. The molecular formula is C21H20FN3O2S. The molecule has 0 radical (unpaired) electrons.